The fourth-order valence-electron chi connectivity index (χ4n) is 3.89. The fourth-order valence-corrected chi connectivity index (χ4v) is 3.89. The number of rotatable bonds is 8. The number of carboxylic acid groups (broad SMARTS) is 2. The topological polar surface area (TPSA) is 130 Å². The summed E-state index contributed by atoms with van der Waals surface area (Å²) >= 11 is 0. The Morgan fingerprint density at radius 2 is 1.52 bits per heavy atom. The third kappa shape index (κ3) is 8.93. The van der Waals surface area contributed by atoms with Crippen LogP contribution in [0.15, 0.2) is 42.5 Å². The average molecular weight is 571 g/mol. The minimum Gasteiger partial charge on any atom is -0.478 e. The molecule has 2 aromatic carbocycles. The molecule has 0 aliphatic carbocycles. The van der Waals surface area contributed by atoms with Gasteiger partial charge < -0.3 is 25.3 Å². The number of aromatic carboxylic acids is 1. The normalized spacial score (nSPS) is 13.6. The SMILES string of the molecule is CCN(CC)C(=O)CN1CCN(c2ccc(C(=O)O)cc2NC(=O)c2ccccc2F)CC1.O=C(O)C(F)(F)F. The number of nitrogens with zero attached hydrogens (tertiary/aromatic N) is 3. The Morgan fingerprint density at radius 3 is 2.02 bits per heavy atom. The lowest BCUT2D eigenvalue weighted by molar-refractivity contribution is -0.192. The quantitative estimate of drug-likeness (QED) is 0.412. The lowest BCUT2D eigenvalue weighted by Crippen LogP contribution is -2.50. The van der Waals surface area contributed by atoms with Crippen LogP contribution in [0.5, 0.6) is 0 Å². The summed E-state index contributed by atoms with van der Waals surface area (Å²) in [6.45, 7) is 8.11. The van der Waals surface area contributed by atoms with Gasteiger partial charge in [-0.05, 0) is 44.2 Å². The van der Waals surface area contributed by atoms with Gasteiger partial charge in [-0.25, -0.2) is 14.0 Å². The van der Waals surface area contributed by atoms with Gasteiger partial charge >= 0.3 is 18.1 Å². The van der Waals surface area contributed by atoms with Crippen LogP contribution in [-0.4, -0.2) is 95.8 Å². The molecule has 0 saturated carbocycles. The zero-order valence-corrected chi connectivity index (χ0v) is 21.9. The molecule has 3 N–H and O–H groups in total. The molecule has 3 rings (SSSR count). The van der Waals surface area contributed by atoms with Crippen molar-refractivity contribution in [2.24, 2.45) is 0 Å². The molecule has 1 fully saturated rings. The molecule has 10 nitrogen and oxygen atoms in total. The number of benzene rings is 2. The van der Waals surface area contributed by atoms with Crippen LogP contribution in [0, 0.1) is 5.82 Å². The van der Waals surface area contributed by atoms with E-state index in [-0.39, 0.29) is 17.0 Å². The highest BCUT2D eigenvalue weighted by atomic mass is 19.4. The van der Waals surface area contributed by atoms with Crippen LogP contribution in [0.4, 0.5) is 28.9 Å². The predicted molar refractivity (Wildman–Crippen MR) is 138 cm³/mol. The van der Waals surface area contributed by atoms with Gasteiger partial charge in [0.1, 0.15) is 5.82 Å². The van der Waals surface area contributed by atoms with Gasteiger partial charge in [0.15, 0.2) is 0 Å². The zero-order chi connectivity index (χ0) is 30.0. The number of amides is 2. The number of likely N-dealkylation sites (N-methyl/N-ethyl adjacent to an activating group) is 1. The Kier molecular flexibility index (Phi) is 11.4. The molecule has 40 heavy (non-hydrogen) atoms. The van der Waals surface area contributed by atoms with E-state index in [4.69, 9.17) is 9.90 Å². The number of aliphatic carboxylic acids is 1. The van der Waals surface area contributed by atoms with Crippen molar-refractivity contribution in [2.45, 2.75) is 20.0 Å². The molecule has 0 unspecified atom stereocenters. The highest BCUT2D eigenvalue weighted by molar-refractivity contribution is 6.07. The van der Waals surface area contributed by atoms with E-state index >= 15 is 0 Å². The van der Waals surface area contributed by atoms with Crippen molar-refractivity contribution >= 4 is 35.1 Å². The molecule has 1 saturated heterocycles. The summed E-state index contributed by atoms with van der Waals surface area (Å²) in [5.41, 5.74) is 0.852. The maximum absolute atomic E-state index is 14.1. The average Bonchev–Trinajstić information content (AvgIpc) is 2.90. The molecule has 1 aliphatic heterocycles. The second kappa shape index (κ2) is 14.3. The van der Waals surface area contributed by atoms with Crippen molar-refractivity contribution in [1.82, 2.24) is 9.80 Å². The van der Waals surface area contributed by atoms with Gasteiger partial charge in [-0.1, -0.05) is 12.1 Å². The lowest BCUT2D eigenvalue weighted by Gasteiger charge is -2.37. The van der Waals surface area contributed by atoms with Gasteiger partial charge in [-0.15, -0.1) is 0 Å². The summed E-state index contributed by atoms with van der Waals surface area (Å²) in [5, 5.41) is 19.2. The summed E-state index contributed by atoms with van der Waals surface area (Å²) in [6.07, 6.45) is -5.08. The summed E-state index contributed by atoms with van der Waals surface area (Å²) in [6, 6.07) is 10.1. The van der Waals surface area contributed by atoms with E-state index in [1.807, 2.05) is 18.7 Å². The van der Waals surface area contributed by atoms with E-state index in [2.05, 4.69) is 10.2 Å². The molecule has 218 valence electrons. The number of nitrogens with one attached hydrogen (secondary N) is 1. The summed E-state index contributed by atoms with van der Waals surface area (Å²) in [5.74, 6) is -5.09. The standard InChI is InChI=1S/C24H29FN4O4.C2HF3O2/c1-3-28(4-2)22(30)16-27-11-13-29(14-12-27)21-10-9-17(24(32)33)15-20(21)26-23(31)18-7-5-6-8-19(18)25;3-2(4,5)1(6)7/h5-10,15H,3-4,11-14,16H2,1-2H3,(H,26,31)(H,32,33);(H,6,7). The van der Waals surface area contributed by atoms with E-state index in [0.717, 1.165) is 0 Å². The predicted octanol–water partition coefficient (Wildman–Crippen LogP) is 3.40. The molecule has 0 aromatic heterocycles. The van der Waals surface area contributed by atoms with Crippen molar-refractivity contribution in [2.75, 3.05) is 56.0 Å². The molecule has 0 radical (unpaired) electrons. The van der Waals surface area contributed by atoms with Gasteiger partial charge in [0, 0.05) is 39.3 Å². The Labute approximate surface area is 227 Å². The molecule has 2 amide bonds. The molecule has 14 heteroatoms. The molecule has 2 aromatic rings. The van der Waals surface area contributed by atoms with Crippen LogP contribution in [0.2, 0.25) is 0 Å². The van der Waals surface area contributed by atoms with E-state index in [9.17, 15) is 37.1 Å². The molecule has 0 atom stereocenters. The first-order valence-corrected chi connectivity index (χ1v) is 12.3. The molecular formula is C26H30F4N4O6. The van der Waals surface area contributed by atoms with E-state index in [1.54, 1.807) is 17.0 Å². The van der Waals surface area contributed by atoms with Gasteiger partial charge in [0.25, 0.3) is 5.91 Å². The number of carbonyl (C=O) groups excluding carboxylic acids is 2. The first-order valence-electron chi connectivity index (χ1n) is 12.3. The highest BCUT2D eigenvalue weighted by Crippen LogP contribution is 2.29. The second-order valence-electron chi connectivity index (χ2n) is 8.60. The summed E-state index contributed by atoms with van der Waals surface area (Å²) in [7, 11) is 0. The van der Waals surface area contributed by atoms with Gasteiger partial charge in [-0.2, -0.15) is 13.2 Å². The Bertz CT molecular complexity index is 1210. The summed E-state index contributed by atoms with van der Waals surface area (Å²) in [4.78, 5) is 51.4. The third-order valence-electron chi connectivity index (χ3n) is 6.04. The maximum atomic E-state index is 14.1. The van der Waals surface area contributed by atoms with Crippen molar-refractivity contribution in [3.63, 3.8) is 0 Å². The van der Waals surface area contributed by atoms with Crippen molar-refractivity contribution in [1.29, 1.82) is 0 Å². The molecule has 1 aliphatic rings. The van der Waals surface area contributed by atoms with Crippen molar-refractivity contribution in [3.05, 3.63) is 59.4 Å². The van der Waals surface area contributed by atoms with E-state index < -0.39 is 29.8 Å². The number of hydrogen-bond donors (Lipinski definition) is 3. The van der Waals surface area contributed by atoms with E-state index in [0.29, 0.717) is 57.2 Å². The number of halogens is 4. The molecule has 0 bridgehead atoms. The lowest BCUT2D eigenvalue weighted by atomic mass is 10.1. The fraction of sp³-hybridized carbons (Fsp3) is 0.385. The van der Waals surface area contributed by atoms with Crippen LogP contribution >= 0.6 is 0 Å². The minimum absolute atomic E-state index is 0.0195. The Morgan fingerprint density at radius 1 is 0.950 bits per heavy atom. The van der Waals surface area contributed by atoms with Crippen LogP contribution in [0.3, 0.4) is 0 Å². The molecule has 1 heterocycles. The number of alkyl halides is 3. The van der Waals surface area contributed by atoms with Gasteiger partial charge in [0.2, 0.25) is 5.91 Å². The van der Waals surface area contributed by atoms with Crippen LogP contribution < -0.4 is 10.2 Å². The summed E-state index contributed by atoms with van der Waals surface area (Å²) < 4.78 is 45.8. The van der Waals surface area contributed by atoms with Crippen LogP contribution in [-0.2, 0) is 9.59 Å². The highest BCUT2D eigenvalue weighted by Gasteiger charge is 2.38. The van der Waals surface area contributed by atoms with Crippen LogP contribution in [0.25, 0.3) is 0 Å². The maximum Gasteiger partial charge on any atom is 0.490 e. The van der Waals surface area contributed by atoms with Gasteiger partial charge in [0.05, 0.1) is 29.0 Å². The minimum atomic E-state index is -5.08. The largest absolute Gasteiger partial charge is 0.490 e. The van der Waals surface area contributed by atoms with E-state index in [1.165, 1.54) is 30.3 Å². The number of hydrogen-bond acceptors (Lipinski definition) is 6. The smallest absolute Gasteiger partial charge is 0.478 e. The number of carboxylic acids is 2. The second-order valence-corrected chi connectivity index (χ2v) is 8.60. The monoisotopic (exact) mass is 570 g/mol. The Balaban J connectivity index is 0.000000708. The van der Waals surface area contributed by atoms with Crippen molar-refractivity contribution < 1.29 is 47.0 Å². The number of carbonyl (C=O) groups is 4. The zero-order valence-electron chi connectivity index (χ0n) is 21.9. The first kappa shape index (κ1) is 32.0. The third-order valence-corrected chi connectivity index (χ3v) is 6.04. The molecular weight excluding hydrogens is 540 g/mol. The number of anilines is 2. The Hall–Kier alpha value is -4.20. The first-order chi connectivity index (χ1) is 18.8. The van der Waals surface area contributed by atoms with Crippen molar-refractivity contribution in [3.8, 4) is 0 Å². The van der Waals surface area contributed by atoms with Gasteiger partial charge in [-0.3, -0.25) is 14.5 Å². The van der Waals surface area contributed by atoms with Crippen LogP contribution in [0.1, 0.15) is 34.6 Å². The number of piperazine rings is 1. The molecule has 0 spiro atoms.